The van der Waals surface area contributed by atoms with Crippen molar-refractivity contribution < 1.29 is 15.0 Å². The lowest BCUT2D eigenvalue weighted by molar-refractivity contribution is 0.0689. The predicted octanol–water partition coefficient (Wildman–Crippen LogP) is 0.833. The van der Waals surface area contributed by atoms with E-state index in [1.165, 1.54) is 13.0 Å². The Hall–Kier alpha value is -1.42. The van der Waals surface area contributed by atoms with Gasteiger partial charge in [0.1, 0.15) is 5.69 Å². The van der Waals surface area contributed by atoms with Crippen LogP contribution < -0.4 is 0 Å². The molecule has 0 aliphatic carbocycles. The number of rotatable bonds is 2. The van der Waals surface area contributed by atoms with Crippen LogP contribution in [0.3, 0.4) is 0 Å². The number of carboxylic acid groups (broad SMARTS) is 1. The minimum Gasteiger partial charge on any atom is -0.477 e. The lowest BCUT2D eigenvalue weighted by Gasteiger charge is -2.02. The predicted molar refractivity (Wildman–Crippen MR) is 41.8 cm³/mol. The number of aromatic nitrogens is 1. The molecule has 1 atom stereocenters. The van der Waals surface area contributed by atoms with Gasteiger partial charge in [-0.2, -0.15) is 0 Å². The van der Waals surface area contributed by atoms with Gasteiger partial charge in [-0.25, -0.2) is 9.78 Å². The average molecular weight is 167 g/mol. The van der Waals surface area contributed by atoms with Crippen LogP contribution in [0.2, 0.25) is 0 Å². The number of nitrogens with zero attached hydrogens (tertiary/aromatic N) is 1. The topological polar surface area (TPSA) is 70.4 Å². The molecule has 4 heteroatoms. The fourth-order valence-corrected chi connectivity index (χ4v) is 0.803. The molecule has 0 bridgehead atoms. The number of pyridine rings is 1. The highest BCUT2D eigenvalue weighted by atomic mass is 16.4. The van der Waals surface area contributed by atoms with Gasteiger partial charge >= 0.3 is 5.97 Å². The zero-order chi connectivity index (χ0) is 9.14. The largest absolute Gasteiger partial charge is 0.477 e. The molecule has 0 saturated carbocycles. The molecule has 4 nitrogen and oxygen atoms in total. The van der Waals surface area contributed by atoms with Crippen molar-refractivity contribution in [1.29, 1.82) is 0 Å². The summed E-state index contributed by atoms with van der Waals surface area (Å²) in [5.41, 5.74) is 0.323. The van der Waals surface area contributed by atoms with Crippen molar-refractivity contribution in [3.05, 3.63) is 29.6 Å². The Kier molecular flexibility index (Phi) is 2.40. The second-order valence-electron chi connectivity index (χ2n) is 2.43. The molecule has 0 fully saturated rings. The summed E-state index contributed by atoms with van der Waals surface area (Å²) in [7, 11) is 0. The van der Waals surface area contributed by atoms with Crippen LogP contribution in [0.25, 0.3) is 0 Å². The van der Waals surface area contributed by atoms with Gasteiger partial charge in [-0.15, -0.1) is 0 Å². The molecule has 0 aliphatic rings. The molecule has 12 heavy (non-hydrogen) atoms. The molecule has 0 radical (unpaired) electrons. The molecule has 1 heterocycles. The third kappa shape index (κ3) is 1.79. The number of hydrogen-bond donors (Lipinski definition) is 2. The third-order valence-electron chi connectivity index (χ3n) is 1.42. The summed E-state index contributed by atoms with van der Waals surface area (Å²) >= 11 is 0. The van der Waals surface area contributed by atoms with Gasteiger partial charge in [-0.05, 0) is 19.1 Å². The number of aliphatic hydroxyl groups excluding tert-OH is 1. The molecule has 1 aromatic heterocycles. The second kappa shape index (κ2) is 3.32. The summed E-state index contributed by atoms with van der Waals surface area (Å²) in [6.45, 7) is 1.54. The molecule has 1 aromatic rings. The normalized spacial score (nSPS) is 12.5. The van der Waals surface area contributed by atoms with Gasteiger partial charge in [-0.1, -0.05) is 6.07 Å². The molecular formula is C8H9NO3. The van der Waals surface area contributed by atoms with E-state index in [1.54, 1.807) is 12.1 Å². The Labute approximate surface area is 69.5 Å². The van der Waals surface area contributed by atoms with Crippen molar-refractivity contribution in [2.45, 2.75) is 13.0 Å². The standard InChI is InChI=1S/C8H9NO3/c1-5(10)6-3-2-4-7(9-6)8(11)12/h2-5,10H,1H3,(H,11,12). The minimum atomic E-state index is -1.09. The first-order valence-electron chi connectivity index (χ1n) is 3.49. The van der Waals surface area contributed by atoms with Crippen LogP contribution in [0.1, 0.15) is 29.2 Å². The molecule has 0 spiro atoms. The van der Waals surface area contributed by atoms with E-state index in [4.69, 9.17) is 10.2 Å². The van der Waals surface area contributed by atoms with E-state index >= 15 is 0 Å². The van der Waals surface area contributed by atoms with E-state index < -0.39 is 12.1 Å². The van der Waals surface area contributed by atoms with E-state index in [0.717, 1.165) is 0 Å². The summed E-state index contributed by atoms with van der Waals surface area (Å²) in [4.78, 5) is 14.2. The maximum Gasteiger partial charge on any atom is 0.354 e. The summed E-state index contributed by atoms with van der Waals surface area (Å²) < 4.78 is 0. The van der Waals surface area contributed by atoms with Gasteiger partial charge in [0.15, 0.2) is 0 Å². The summed E-state index contributed by atoms with van der Waals surface area (Å²) in [6, 6.07) is 4.52. The summed E-state index contributed by atoms with van der Waals surface area (Å²) in [5, 5.41) is 17.6. The summed E-state index contributed by atoms with van der Waals surface area (Å²) in [6.07, 6.45) is -0.732. The molecule has 0 saturated heterocycles. The third-order valence-corrected chi connectivity index (χ3v) is 1.42. The van der Waals surface area contributed by atoms with Gasteiger partial charge in [0.05, 0.1) is 11.8 Å². The maximum atomic E-state index is 10.4. The highest BCUT2D eigenvalue weighted by molar-refractivity contribution is 5.85. The van der Waals surface area contributed by atoms with Crippen LogP contribution in [-0.4, -0.2) is 21.2 Å². The highest BCUT2D eigenvalue weighted by Crippen LogP contribution is 2.08. The molecule has 0 aromatic carbocycles. The Morgan fingerprint density at radius 2 is 2.25 bits per heavy atom. The van der Waals surface area contributed by atoms with Crippen molar-refractivity contribution >= 4 is 5.97 Å². The van der Waals surface area contributed by atoms with Gasteiger partial charge in [0, 0.05) is 0 Å². The fraction of sp³-hybridized carbons (Fsp3) is 0.250. The molecule has 1 unspecified atom stereocenters. The van der Waals surface area contributed by atoms with E-state index in [2.05, 4.69) is 4.98 Å². The van der Waals surface area contributed by atoms with Gasteiger partial charge in [-0.3, -0.25) is 0 Å². The number of aromatic carboxylic acids is 1. The van der Waals surface area contributed by atoms with Crippen molar-refractivity contribution in [2.75, 3.05) is 0 Å². The van der Waals surface area contributed by atoms with Crippen molar-refractivity contribution in [1.82, 2.24) is 4.98 Å². The van der Waals surface area contributed by atoms with Crippen LogP contribution in [0, 0.1) is 0 Å². The van der Waals surface area contributed by atoms with Crippen LogP contribution in [0.15, 0.2) is 18.2 Å². The Morgan fingerprint density at radius 1 is 1.58 bits per heavy atom. The van der Waals surface area contributed by atoms with E-state index in [0.29, 0.717) is 5.69 Å². The first kappa shape index (κ1) is 8.67. The smallest absolute Gasteiger partial charge is 0.354 e. The van der Waals surface area contributed by atoms with Crippen LogP contribution in [0.5, 0.6) is 0 Å². The van der Waals surface area contributed by atoms with Crippen LogP contribution >= 0.6 is 0 Å². The van der Waals surface area contributed by atoms with Crippen molar-refractivity contribution in [3.63, 3.8) is 0 Å². The maximum absolute atomic E-state index is 10.4. The van der Waals surface area contributed by atoms with Crippen molar-refractivity contribution in [3.8, 4) is 0 Å². The molecule has 0 amide bonds. The quantitative estimate of drug-likeness (QED) is 0.684. The van der Waals surface area contributed by atoms with E-state index in [1.807, 2.05) is 0 Å². The molecule has 2 N–H and O–H groups in total. The molecule has 1 rings (SSSR count). The molecule has 0 aliphatic heterocycles. The van der Waals surface area contributed by atoms with E-state index in [9.17, 15) is 4.79 Å². The zero-order valence-corrected chi connectivity index (χ0v) is 6.56. The van der Waals surface area contributed by atoms with Gasteiger partial charge in [0.2, 0.25) is 0 Å². The fourth-order valence-electron chi connectivity index (χ4n) is 0.803. The Bertz CT molecular complexity index is 296. The van der Waals surface area contributed by atoms with Gasteiger partial charge < -0.3 is 10.2 Å². The van der Waals surface area contributed by atoms with Gasteiger partial charge in [0.25, 0.3) is 0 Å². The molecular weight excluding hydrogens is 158 g/mol. The number of carbonyl (C=O) groups is 1. The zero-order valence-electron chi connectivity index (χ0n) is 6.56. The first-order valence-corrected chi connectivity index (χ1v) is 3.49. The molecule has 64 valence electrons. The lowest BCUT2D eigenvalue weighted by Crippen LogP contribution is -2.04. The number of hydrogen-bond acceptors (Lipinski definition) is 3. The minimum absolute atomic E-state index is 0.0478. The SMILES string of the molecule is CC(O)c1cccc(C(=O)O)n1. The van der Waals surface area contributed by atoms with Crippen LogP contribution in [-0.2, 0) is 0 Å². The number of carboxylic acids is 1. The van der Waals surface area contributed by atoms with Crippen molar-refractivity contribution in [2.24, 2.45) is 0 Å². The summed E-state index contributed by atoms with van der Waals surface area (Å²) in [5.74, 6) is -1.09. The average Bonchev–Trinajstić information content (AvgIpc) is 2.04. The van der Waals surface area contributed by atoms with Crippen LogP contribution in [0.4, 0.5) is 0 Å². The monoisotopic (exact) mass is 167 g/mol. The second-order valence-corrected chi connectivity index (χ2v) is 2.43. The van der Waals surface area contributed by atoms with E-state index in [-0.39, 0.29) is 5.69 Å². The first-order chi connectivity index (χ1) is 5.61. The lowest BCUT2D eigenvalue weighted by atomic mass is 10.2. The Balaban J connectivity index is 3.04. The Morgan fingerprint density at radius 3 is 2.75 bits per heavy atom. The number of aliphatic hydroxyl groups is 1. The highest BCUT2D eigenvalue weighted by Gasteiger charge is 2.07.